The zero-order valence-electron chi connectivity index (χ0n) is 9.07. The molecule has 0 aliphatic heterocycles. The van der Waals surface area contributed by atoms with Gasteiger partial charge in [-0.15, -0.1) is 11.3 Å². The molecule has 3 nitrogen and oxygen atoms in total. The second-order valence-corrected chi connectivity index (χ2v) is 4.46. The van der Waals surface area contributed by atoms with Crippen LogP contribution in [0.1, 0.15) is 9.67 Å². The van der Waals surface area contributed by atoms with E-state index >= 15 is 0 Å². The Hall–Kier alpha value is -1.88. The molecule has 2 rings (SSSR count). The average Bonchev–Trinajstić information content (AvgIpc) is 2.79. The molecule has 0 saturated carbocycles. The van der Waals surface area contributed by atoms with E-state index in [2.05, 4.69) is 0 Å². The van der Waals surface area contributed by atoms with Crippen molar-refractivity contribution in [2.45, 2.75) is 0 Å². The molecule has 0 aliphatic carbocycles. The zero-order chi connectivity index (χ0) is 12.4. The number of rotatable bonds is 3. The van der Waals surface area contributed by atoms with Gasteiger partial charge in [-0.05, 0) is 30.3 Å². The Kier molecular flexibility index (Phi) is 3.10. The summed E-state index contributed by atoms with van der Waals surface area (Å²) in [6.07, 6.45) is 0. The van der Waals surface area contributed by atoms with Crippen LogP contribution in [0.15, 0.2) is 30.3 Å². The lowest BCUT2D eigenvalue weighted by molar-refractivity contribution is 0.100. The van der Waals surface area contributed by atoms with Gasteiger partial charge in [0.2, 0.25) is 0 Å². The van der Waals surface area contributed by atoms with Crippen molar-refractivity contribution in [3.8, 4) is 16.2 Å². The summed E-state index contributed by atoms with van der Waals surface area (Å²) in [5, 5.41) is 0. The van der Waals surface area contributed by atoms with Crippen LogP contribution in [0, 0.1) is 5.82 Å². The van der Waals surface area contributed by atoms with Crippen molar-refractivity contribution in [3.05, 3.63) is 41.0 Å². The van der Waals surface area contributed by atoms with Gasteiger partial charge in [0.15, 0.2) is 0 Å². The molecule has 1 amide bonds. The monoisotopic (exact) mass is 251 g/mol. The number of thiophene rings is 1. The van der Waals surface area contributed by atoms with Gasteiger partial charge < -0.3 is 10.5 Å². The summed E-state index contributed by atoms with van der Waals surface area (Å²) in [6.45, 7) is 0. The van der Waals surface area contributed by atoms with Gasteiger partial charge in [0, 0.05) is 10.4 Å². The van der Waals surface area contributed by atoms with Crippen molar-refractivity contribution >= 4 is 17.2 Å². The van der Waals surface area contributed by atoms with E-state index in [9.17, 15) is 9.18 Å². The highest BCUT2D eigenvalue weighted by Crippen LogP contribution is 2.32. The van der Waals surface area contributed by atoms with Crippen LogP contribution >= 0.6 is 11.3 Å². The minimum absolute atomic E-state index is 0.358. The van der Waals surface area contributed by atoms with Crippen molar-refractivity contribution in [1.29, 1.82) is 0 Å². The molecule has 0 bridgehead atoms. The third kappa shape index (κ3) is 2.29. The first-order chi connectivity index (χ1) is 8.11. The molecule has 0 spiro atoms. The van der Waals surface area contributed by atoms with Gasteiger partial charge in [-0.1, -0.05) is 0 Å². The molecule has 0 atom stereocenters. The quantitative estimate of drug-likeness (QED) is 0.911. The zero-order valence-corrected chi connectivity index (χ0v) is 9.88. The summed E-state index contributed by atoms with van der Waals surface area (Å²) in [6, 6.07) is 7.72. The van der Waals surface area contributed by atoms with E-state index in [1.807, 2.05) is 0 Å². The number of benzene rings is 1. The average molecular weight is 251 g/mol. The Labute approximate surface area is 102 Å². The van der Waals surface area contributed by atoms with E-state index in [1.165, 1.54) is 13.2 Å². The highest BCUT2D eigenvalue weighted by Gasteiger charge is 2.11. The van der Waals surface area contributed by atoms with Gasteiger partial charge in [0.25, 0.3) is 5.91 Å². The number of hydrogen-bond donors (Lipinski definition) is 1. The minimum Gasteiger partial charge on any atom is -0.497 e. The Morgan fingerprint density at radius 1 is 1.35 bits per heavy atom. The van der Waals surface area contributed by atoms with Crippen molar-refractivity contribution < 1.29 is 13.9 Å². The Balaban J connectivity index is 2.47. The molecule has 0 radical (unpaired) electrons. The van der Waals surface area contributed by atoms with Crippen molar-refractivity contribution in [1.82, 2.24) is 0 Å². The van der Waals surface area contributed by atoms with E-state index in [1.54, 1.807) is 24.3 Å². The minimum atomic E-state index is -0.510. The summed E-state index contributed by atoms with van der Waals surface area (Å²) in [5.41, 5.74) is 5.56. The molecule has 2 aromatic rings. The van der Waals surface area contributed by atoms with E-state index in [4.69, 9.17) is 10.5 Å². The molecular weight excluding hydrogens is 241 g/mol. The summed E-state index contributed by atoms with van der Waals surface area (Å²) in [4.78, 5) is 12.0. The van der Waals surface area contributed by atoms with Gasteiger partial charge in [0.1, 0.15) is 11.6 Å². The number of amides is 1. The number of nitrogens with two attached hydrogens (primary N) is 1. The lowest BCUT2D eigenvalue weighted by atomic mass is 10.1. The smallest absolute Gasteiger partial charge is 0.258 e. The Morgan fingerprint density at radius 2 is 2.12 bits per heavy atom. The van der Waals surface area contributed by atoms with E-state index < -0.39 is 5.91 Å². The fourth-order valence-corrected chi connectivity index (χ4v) is 2.31. The Bertz CT molecular complexity index is 565. The molecule has 1 heterocycles. The van der Waals surface area contributed by atoms with Gasteiger partial charge in [-0.2, -0.15) is 0 Å². The molecule has 0 fully saturated rings. The fraction of sp³-hybridized carbons (Fsp3) is 0.0833. The lowest BCUT2D eigenvalue weighted by Gasteiger charge is -2.03. The van der Waals surface area contributed by atoms with Gasteiger partial charge in [0.05, 0.1) is 12.0 Å². The van der Waals surface area contributed by atoms with Crippen LogP contribution in [0.25, 0.3) is 10.4 Å². The molecule has 2 N–H and O–H groups in total. The van der Waals surface area contributed by atoms with Crippen LogP contribution in [0.2, 0.25) is 0 Å². The third-order valence-electron chi connectivity index (χ3n) is 2.29. The molecule has 1 aromatic carbocycles. The number of carbonyl (C=O) groups is 1. The lowest BCUT2D eigenvalue weighted by Crippen LogP contribution is -2.07. The normalized spacial score (nSPS) is 10.2. The molecular formula is C12H10FNO2S. The number of carbonyl (C=O) groups excluding carboxylic acids is 1. The predicted molar refractivity (Wildman–Crippen MR) is 64.8 cm³/mol. The SMILES string of the molecule is COc1ccc(F)c(-c2ccc(C(N)=O)s2)c1. The van der Waals surface area contributed by atoms with Crippen LogP contribution < -0.4 is 10.5 Å². The van der Waals surface area contributed by atoms with Crippen LogP contribution in [0.4, 0.5) is 4.39 Å². The standard InChI is InChI=1S/C12H10FNO2S/c1-16-7-2-3-9(13)8(6-7)10-4-5-11(17-10)12(14)15/h2-6H,1H3,(H2,14,15). The molecule has 5 heteroatoms. The molecule has 88 valence electrons. The van der Waals surface area contributed by atoms with E-state index in [0.717, 1.165) is 11.3 Å². The number of ether oxygens (including phenoxy) is 1. The molecule has 0 unspecified atom stereocenters. The van der Waals surface area contributed by atoms with E-state index in [0.29, 0.717) is 21.1 Å². The van der Waals surface area contributed by atoms with E-state index in [-0.39, 0.29) is 5.82 Å². The second-order valence-electron chi connectivity index (χ2n) is 3.37. The molecule has 1 aromatic heterocycles. The maximum absolute atomic E-state index is 13.6. The highest BCUT2D eigenvalue weighted by molar-refractivity contribution is 7.17. The van der Waals surface area contributed by atoms with Gasteiger partial charge in [-0.3, -0.25) is 4.79 Å². The number of halogens is 1. The summed E-state index contributed by atoms with van der Waals surface area (Å²) in [5.74, 6) is -0.302. The van der Waals surface area contributed by atoms with Crippen molar-refractivity contribution in [3.63, 3.8) is 0 Å². The number of methoxy groups -OCH3 is 1. The predicted octanol–water partition coefficient (Wildman–Crippen LogP) is 2.66. The van der Waals surface area contributed by atoms with Crippen LogP contribution in [0.5, 0.6) is 5.75 Å². The summed E-state index contributed by atoms with van der Waals surface area (Å²) in [7, 11) is 1.51. The Morgan fingerprint density at radius 3 is 2.71 bits per heavy atom. The topological polar surface area (TPSA) is 52.3 Å². The fourth-order valence-electron chi connectivity index (χ4n) is 1.44. The summed E-state index contributed by atoms with van der Waals surface area (Å²) >= 11 is 1.16. The summed E-state index contributed by atoms with van der Waals surface area (Å²) < 4.78 is 18.7. The number of hydrogen-bond acceptors (Lipinski definition) is 3. The van der Waals surface area contributed by atoms with Crippen LogP contribution in [0.3, 0.4) is 0 Å². The number of primary amides is 1. The first kappa shape index (κ1) is 11.6. The third-order valence-corrected chi connectivity index (χ3v) is 3.42. The highest BCUT2D eigenvalue weighted by atomic mass is 32.1. The maximum Gasteiger partial charge on any atom is 0.258 e. The molecule has 0 aliphatic rings. The maximum atomic E-state index is 13.6. The van der Waals surface area contributed by atoms with Crippen LogP contribution in [-0.4, -0.2) is 13.0 Å². The molecule has 17 heavy (non-hydrogen) atoms. The van der Waals surface area contributed by atoms with Crippen molar-refractivity contribution in [2.24, 2.45) is 5.73 Å². The first-order valence-corrected chi connectivity index (χ1v) is 5.67. The molecule has 0 saturated heterocycles. The second kappa shape index (κ2) is 4.55. The van der Waals surface area contributed by atoms with Gasteiger partial charge in [-0.25, -0.2) is 4.39 Å². The van der Waals surface area contributed by atoms with Crippen LogP contribution in [-0.2, 0) is 0 Å². The van der Waals surface area contributed by atoms with Gasteiger partial charge >= 0.3 is 0 Å². The first-order valence-electron chi connectivity index (χ1n) is 4.85. The largest absolute Gasteiger partial charge is 0.497 e. The van der Waals surface area contributed by atoms with Crippen molar-refractivity contribution in [2.75, 3.05) is 7.11 Å².